The Morgan fingerprint density at radius 3 is 2.03 bits per heavy atom. The largest absolute Gasteiger partial charge is 0.479 e. The van der Waals surface area contributed by atoms with Crippen LogP contribution in [0.4, 0.5) is 0 Å². The molecule has 10 atom stereocenters. The molecule has 2 fully saturated rings. The van der Waals surface area contributed by atoms with Gasteiger partial charge in [-0.05, 0) is 32.7 Å². The molecule has 2 aliphatic heterocycles. The zero-order valence-corrected chi connectivity index (χ0v) is 20.5. The molecule has 2 aliphatic rings. The maximum atomic E-state index is 11.9. The molecule has 0 amide bonds. The van der Waals surface area contributed by atoms with Crippen LogP contribution >= 0.6 is 0 Å². The third kappa shape index (κ3) is 6.62. The van der Waals surface area contributed by atoms with Gasteiger partial charge in [0.15, 0.2) is 12.4 Å². The van der Waals surface area contributed by atoms with Crippen LogP contribution in [0.3, 0.4) is 0 Å². The lowest BCUT2D eigenvalue weighted by molar-refractivity contribution is -0.338. The van der Waals surface area contributed by atoms with Crippen LogP contribution in [-0.4, -0.2) is 111 Å². The summed E-state index contributed by atoms with van der Waals surface area (Å²) in [6, 6.07) is -0.576. The van der Waals surface area contributed by atoms with E-state index in [0.717, 1.165) is 0 Å². The van der Waals surface area contributed by atoms with Gasteiger partial charge in [0, 0.05) is 0 Å². The predicted octanol–water partition coefficient (Wildman–Crippen LogP) is -0.769. The van der Waals surface area contributed by atoms with Crippen LogP contribution in [0.2, 0.25) is 0 Å². The predicted molar refractivity (Wildman–Crippen MR) is 116 cm³/mol. The number of likely N-dealkylation sites (N-methyl/N-ethyl adjacent to an activating group) is 1. The zero-order valence-electron chi connectivity index (χ0n) is 20.5. The Balaban J connectivity index is 2.35. The highest BCUT2D eigenvalue weighted by Gasteiger charge is 2.54. The van der Waals surface area contributed by atoms with Crippen molar-refractivity contribution in [1.29, 1.82) is 0 Å². The van der Waals surface area contributed by atoms with E-state index in [2.05, 4.69) is 5.32 Å². The highest BCUT2D eigenvalue weighted by atomic mass is 16.7. The van der Waals surface area contributed by atoms with Crippen LogP contribution in [-0.2, 0) is 23.7 Å². The molecule has 0 aromatic carbocycles. The summed E-state index contributed by atoms with van der Waals surface area (Å²) >= 11 is 0. The second-order valence-electron chi connectivity index (χ2n) is 10.8. The number of carboxylic acids is 1. The number of carbonyl (C=O) groups is 1. The van der Waals surface area contributed by atoms with Crippen LogP contribution in [0.1, 0.15) is 48.5 Å². The fraction of sp³-hybridized carbons (Fsp3) is 0.955. The van der Waals surface area contributed by atoms with Crippen molar-refractivity contribution in [3.63, 3.8) is 0 Å². The van der Waals surface area contributed by atoms with Gasteiger partial charge < -0.3 is 49.8 Å². The number of hydrogen-bond acceptors (Lipinski definition) is 10. The molecule has 0 radical (unpaired) electrons. The normalized spacial score (nSPS) is 40.6. The highest BCUT2D eigenvalue weighted by Crippen LogP contribution is 2.36. The van der Waals surface area contributed by atoms with Gasteiger partial charge in [-0.25, -0.2) is 4.79 Å². The number of rotatable bonds is 7. The van der Waals surface area contributed by atoms with Crippen molar-refractivity contribution in [1.82, 2.24) is 5.32 Å². The molecule has 0 aromatic rings. The van der Waals surface area contributed by atoms with Crippen LogP contribution in [0.15, 0.2) is 0 Å². The van der Waals surface area contributed by atoms with Gasteiger partial charge in [-0.2, -0.15) is 0 Å². The summed E-state index contributed by atoms with van der Waals surface area (Å²) in [5.41, 5.74) is -1.22. The molecule has 0 aliphatic carbocycles. The van der Waals surface area contributed by atoms with E-state index >= 15 is 0 Å². The molecule has 0 aromatic heterocycles. The number of nitrogens with one attached hydrogen (secondary N) is 1. The average molecular weight is 480 g/mol. The van der Waals surface area contributed by atoms with E-state index in [0.29, 0.717) is 6.54 Å². The van der Waals surface area contributed by atoms with Crippen molar-refractivity contribution in [2.75, 3.05) is 13.2 Å². The zero-order chi connectivity index (χ0) is 25.3. The van der Waals surface area contributed by atoms with E-state index in [9.17, 15) is 30.3 Å². The second kappa shape index (κ2) is 10.8. The first-order valence-corrected chi connectivity index (χ1v) is 11.4. The fourth-order valence-electron chi connectivity index (χ4n) is 4.31. The molecule has 2 heterocycles. The van der Waals surface area contributed by atoms with Gasteiger partial charge in [-0.15, -0.1) is 0 Å². The minimum atomic E-state index is -1.65. The molecule has 6 N–H and O–H groups in total. The maximum absolute atomic E-state index is 11.9. The molecular formula is C22H41NO10. The molecule has 11 heteroatoms. The van der Waals surface area contributed by atoms with E-state index in [1.807, 2.05) is 27.7 Å². The maximum Gasteiger partial charge on any atom is 0.335 e. The van der Waals surface area contributed by atoms with E-state index in [1.165, 1.54) is 0 Å². The number of aliphatic hydroxyl groups excluding tert-OH is 4. The van der Waals surface area contributed by atoms with Crippen molar-refractivity contribution in [3.8, 4) is 0 Å². The van der Waals surface area contributed by atoms with Gasteiger partial charge in [0.25, 0.3) is 0 Å². The lowest BCUT2D eigenvalue weighted by Crippen LogP contribution is -2.69. The molecule has 2 saturated heterocycles. The number of carboxylic acid groups (broad SMARTS) is 1. The molecule has 0 spiro atoms. The molecule has 0 saturated carbocycles. The minimum Gasteiger partial charge on any atom is -0.479 e. The monoisotopic (exact) mass is 479 g/mol. The number of aliphatic carboxylic acids is 1. The molecule has 33 heavy (non-hydrogen) atoms. The first kappa shape index (κ1) is 28.3. The molecular weight excluding hydrogens is 438 g/mol. The van der Waals surface area contributed by atoms with Crippen LogP contribution in [0, 0.1) is 5.41 Å². The van der Waals surface area contributed by atoms with E-state index in [-0.39, 0.29) is 0 Å². The molecule has 194 valence electrons. The average Bonchev–Trinajstić information content (AvgIpc) is 2.68. The lowest BCUT2D eigenvalue weighted by Gasteiger charge is -2.51. The smallest absolute Gasteiger partial charge is 0.335 e. The molecule has 10 unspecified atom stereocenters. The second-order valence-corrected chi connectivity index (χ2v) is 10.8. The fourth-order valence-corrected chi connectivity index (χ4v) is 4.31. The van der Waals surface area contributed by atoms with Gasteiger partial charge in [0.1, 0.15) is 36.6 Å². The SMILES string of the molecule is CCNC1C(OC2OC(C(=O)O)C(OC(C)(C)C)C(O)C2O)C(O)C(CO)OC1C(C)(C)C. The third-order valence-electron chi connectivity index (χ3n) is 5.76. The molecule has 0 bridgehead atoms. The number of aliphatic hydroxyl groups is 4. The summed E-state index contributed by atoms with van der Waals surface area (Å²) in [5, 5.41) is 55.0. The summed E-state index contributed by atoms with van der Waals surface area (Å²) in [7, 11) is 0. The number of ether oxygens (including phenoxy) is 4. The Hall–Kier alpha value is -0.890. The standard InChI is InChI=1S/C22H41NO10/c1-8-23-11-15(12(25)10(9-24)30-18(11)21(2,3)4)31-20-14(27)13(26)16(33-22(5,6)7)17(32-20)19(28)29/h10-18,20,23-27H,8-9H2,1-7H3,(H,28,29). The van der Waals surface area contributed by atoms with Crippen molar-refractivity contribution < 1.29 is 49.3 Å². The van der Waals surface area contributed by atoms with Crippen molar-refractivity contribution in [2.24, 2.45) is 5.41 Å². The number of hydrogen-bond donors (Lipinski definition) is 6. The van der Waals surface area contributed by atoms with Gasteiger partial charge in [0.2, 0.25) is 0 Å². The van der Waals surface area contributed by atoms with Crippen molar-refractivity contribution >= 4 is 5.97 Å². The Morgan fingerprint density at radius 1 is 0.970 bits per heavy atom. The van der Waals surface area contributed by atoms with Gasteiger partial charge in [-0.3, -0.25) is 0 Å². The summed E-state index contributed by atoms with van der Waals surface area (Å²) in [6.07, 6.45) is -11.6. The molecule has 2 rings (SSSR count). The Morgan fingerprint density at radius 2 is 1.58 bits per heavy atom. The Kier molecular flexibility index (Phi) is 9.28. The lowest BCUT2D eigenvalue weighted by atomic mass is 9.78. The first-order chi connectivity index (χ1) is 15.1. The summed E-state index contributed by atoms with van der Waals surface area (Å²) < 4.78 is 23.1. The van der Waals surface area contributed by atoms with Crippen molar-refractivity contribution in [3.05, 3.63) is 0 Å². The van der Waals surface area contributed by atoms with Crippen molar-refractivity contribution in [2.45, 2.75) is 115 Å². The topological polar surface area (TPSA) is 167 Å². The van der Waals surface area contributed by atoms with E-state index in [4.69, 9.17) is 18.9 Å². The highest BCUT2D eigenvalue weighted by molar-refractivity contribution is 5.73. The van der Waals surface area contributed by atoms with Gasteiger partial charge in [-0.1, -0.05) is 27.7 Å². The van der Waals surface area contributed by atoms with Crippen LogP contribution in [0.5, 0.6) is 0 Å². The molecule has 11 nitrogen and oxygen atoms in total. The minimum absolute atomic E-state index is 0.414. The Bertz CT molecular complexity index is 648. The van der Waals surface area contributed by atoms with E-state index < -0.39 is 84.8 Å². The summed E-state index contributed by atoms with van der Waals surface area (Å²) in [4.78, 5) is 11.9. The quantitative estimate of drug-likeness (QED) is 0.271. The van der Waals surface area contributed by atoms with Crippen LogP contribution in [0.25, 0.3) is 0 Å². The summed E-state index contributed by atoms with van der Waals surface area (Å²) in [5.74, 6) is -1.39. The Labute approximate surface area is 195 Å². The van der Waals surface area contributed by atoms with E-state index in [1.54, 1.807) is 20.8 Å². The third-order valence-corrected chi connectivity index (χ3v) is 5.76. The van der Waals surface area contributed by atoms with Gasteiger partial charge in [0.05, 0.1) is 24.4 Å². The van der Waals surface area contributed by atoms with Crippen LogP contribution < -0.4 is 5.32 Å². The summed E-state index contributed by atoms with van der Waals surface area (Å²) in [6.45, 7) is 12.8. The first-order valence-electron chi connectivity index (χ1n) is 11.4. The van der Waals surface area contributed by atoms with Gasteiger partial charge >= 0.3 is 5.97 Å².